The monoisotopic (exact) mass is 183 g/mol. The summed E-state index contributed by atoms with van der Waals surface area (Å²) in [6, 6.07) is 0. The zero-order valence-electron chi connectivity index (χ0n) is 9.53. The molecule has 1 rings (SSSR count). The molecule has 2 atom stereocenters. The van der Waals surface area contributed by atoms with Crippen LogP contribution >= 0.6 is 0 Å². The average molecular weight is 183 g/mol. The number of hydrogen-bond donors (Lipinski definition) is 1. The van der Waals surface area contributed by atoms with E-state index in [-0.39, 0.29) is 0 Å². The van der Waals surface area contributed by atoms with Crippen molar-refractivity contribution in [2.75, 3.05) is 6.54 Å². The molecule has 2 N–H and O–H groups in total. The quantitative estimate of drug-likeness (QED) is 0.671. The van der Waals surface area contributed by atoms with Crippen LogP contribution in [-0.4, -0.2) is 6.54 Å². The van der Waals surface area contributed by atoms with Gasteiger partial charge in [0.15, 0.2) is 0 Å². The Hall–Kier alpha value is -0.0400. The molecule has 0 bridgehead atoms. The minimum Gasteiger partial charge on any atom is -0.330 e. The first kappa shape index (κ1) is 11.0. The van der Waals surface area contributed by atoms with E-state index in [1.54, 1.807) is 0 Å². The third-order valence-corrected chi connectivity index (χ3v) is 4.38. The molecule has 78 valence electrons. The first-order valence-electron chi connectivity index (χ1n) is 5.90. The molecule has 0 amide bonds. The van der Waals surface area contributed by atoms with Crippen LogP contribution in [0, 0.1) is 10.8 Å². The van der Waals surface area contributed by atoms with Crippen molar-refractivity contribution in [2.24, 2.45) is 16.6 Å². The zero-order chi connectivity index (χ0) is 9.95. The molecular weight excluding hydrogens is 158 g/mol. The fraction of sp³-hybridized carbons (Fsp3) is 1.00. The first-order chi connectivity index (χ1) is 6.20. The van der Waals surface area contributed by atoms with Crippen molar-refractivity contribution in [3.05, 3.63) is 0 Å². The Kier molecular flexibility index (Phi) is 3.39. The molecule has 1 aliphatic rings. The summed E-state index contributed by atoms with van der Waals surface area (Å²) >= 11 is 0. The highest BCUT2D eigenvalue weighted by molar-refractivity contribution is 5.12. The molecule has 1 saturated carbocycles. The highest BCUT2D eigenvalue weighted by Gasteiger charge is 2.62. The van der Waals surface area contributed by atoms with Crippen LogP contribution in [0.1, 0.15) is 59.3 Å². The topological polar surface area (TPSA) is 26.0 Å². The van der Waals surface area contributed by atoms with Crippen molar-refractivity contribution in [3.8, 4) is 0 Å². The Bertz CT molecular complexity index is 149. The Morgan fingerprint density at radius 1 is 1.00 bits per heavy atom. The van der Waals surface area contributed by atoms with Crippen LogP contribution in [0.3, 0.4) is 0 Å². The Morgan fingerprint density at radius 3 is 1.92 bits per heavy atom. The van der Waals surface area contributed by atoms with Crippen LogP contribution in [0.25, 0.3) is 0 Å². The molecule has 0 radical (unpaired) electrons. The van der Waals surface area contributed by atoms with Crippen LogP contribution < -0.4 is 5.73 Å². The second-order valence-corrected chi connectivity index (χ2v) is 4.73. The Morgan fingerprint density at radius 2 is 1.54 bits per heavy atom. The Balaban J connectivity index is 2.61. The lowest BCUT2D eigenvalue weighted by molar-refractivity contribution is 0.279. The molecule has 13 heavy (non-hydrogen) atoms. The van der Waals surface area contributed by atoms with E-state index in [2.05, 4.69) is 20.8 Å². The maximum Gasteiger partial charge on any atom is -0.00718 e. The predicted octanol–water partition coefficient (Wildman–Crippen LogP) is 3.33. The number of rotatable bonds is 6. The minimum atomic E-state index is 0.631. The standard InChI is InChI=1S/C12H25N/c1-4-7-11(5-2)10-12(11,6-3)8-9-13/h4-10,13H2,1-3H3. The van der Waals surface area contributed by atoms with Crippen molar-refractivity contribution in [1.29, 1.82) is 0 Å². The third-order valence-electron chi connectivity index (χ3n) is 4.38. The fourth-order valence-electron chi connectivity index (χ4n) is 3.42. The summed E-state index contributed by atoms with van der Waals surface area (Å²) in [5, 5.41) is 0. The summed E-state index contributed by atoms with van der Waals surface area (Å²) in [6.45, 7) is 7.87. The molecule has 1 fully saturated rings. The maximum absolute atomic E-state index is 5.70. The summed E-state index contributed by atoms with van der Waals surface area (Å²) in [5.74, 6) is 0. The molecule has 1 nitrogen and oxygen atoms in total. The van der Waals surface area contributed by atoms with E-state index in [1.165, 1.54) is 38.5 Å². The van der Waals surface area contributed by atoms with Crippen molar-refractivity contribution in [3.63, 3.8) is 0 Å². The molecule has 1 heteroatoms. The summed E-state index contributed by atoms with van der Waals surface area (Å²) in [6.07, 6.45) is 8.12. The van der Waals surface area contributed by atoms with Gasteiger partial charge >= 0.3 is 0 Å². The van der Waals surface area contributed by atoms with Crippen molar-refractivity contribution in [2.45, 2.75) is 59.3 Å². The van der Waals surface area contributed by atoms with Gasteiger partial charge in [0.05, 0.1) is 0 Å². The second kappa shape index (κ2) is 4.00. The van der Waals surface area contributed by atoms with Crippen LogP contribution in [-0.2, 0) is 0 Å². The molecule has 0 heterocycles. The normalized spacial score (nSPS) is 37.8. The molecule has 0 spiro atoms. The van der Waals surface area contributed by atoms with Crippen LogP contribution in [0.15, 0.2) is 0 Å². The van der Waals surface area contributed by atoms with E-state index in [0.717, 1.165) is 6.54 Å². The smallest absolute Gasteiger partial charge is 0.00718 e. The first-order valence-corrected chi connectivity index (χ1v) is 5.90. The van der Waals surface area contributed by atoms with Gasteiger partial charge < -0.3 is 5.73 Å². The van der Waals surface area contributed by atoms with Gasteiger partial charge in [-0.05, 0) is 49.5 Å². The lowest BCUT2D eigenvalue weighted by Gasteiger charge is -2.23. The van der Waals surface area contributed by atoms with E-state index < -0.39 is 0 Å². The fourth-order valence-corrected chi connectivity index (χ4v) is 3.42. The van der Waals surface area contributed by atoms with E-state index in [1.807, 2.05) is 0 Å². The van der Waals surface area contributed by atoms with Gasteiger partial charge in [0, 0.05) is 0 Å². The van der Waals surface area contributed by atoms with Gasteiger partial charge in [-0.1, -0.05) is 27.2 Å². The van der Waals surface area contributed by atoms with Gasteiger partial charge in [0.1, 0.15) is 0 Å². The third kappa shape index (κ3) is 1.63. The molecule has 0 aromatic heterocycles. The van der Waals surface area contributed by atoms with E-state index in [9.17, 15) is 0 Å². The van der Waals surface area contributed by atoms with Crippen molar-refractivity contribution < 1.29 is 0 Å². The maximum atomic E-state index is 5.70. The van der Waals surface area contributed by atoms with Gasteiger partial charge in [-0.15, -0.1) is 0 Å². The molecule has 0 aromatic rings. The van der Waals surface area contributed by atoms with Crippen LogP contribution in [0.4, 0.5) is 0 Å². The minimum absolute atomic E-state index is 0.631. The molecule has 2 unspecified atom stereocenters. The average Bonchev–Trinajstić information content (AvgIpc) is 2.77. The highest BCUT2D eigenvalue weighted by Crippen LogP contribution is 2.71. The molecule has 0 aromatic carbocycles. The molecular formula is C12H25N. The molecule has 1 aliphatic carbocycles. The van der Waals surface area contributed by atoms with E-state index >= 15 is 0 Å². The summed E-state index contributed by atoms with van der Waals surface area (Å²) < 4.78 is 0. The SMILES string of the molecule is CCCC1(CC)CC1(CC)CCN. The van der Waals surface area contributed by atoms with E-state index in [0.29, 0.717) is 10.8 Å². The van der Waals surface area contributed by atoms with Gasteiger partial charge in [0.2, 0.25) is 0 Å². The number of hydrogen-bond acceptors (Lipinski definition) is 1. The molecule has 0 saturated heterocycles. The number of nitrogens with two attached hydrogens (primary N) is 1. The Labute approximate surface area is 83.1 Å². The lowest BCUT2D eigenvalue weighted by Crippen LogP contribution is -2.17. The van der Waals surface area contributed by atoms with Crippen molar-refractivity contribution in [1.82, 2.24) is 0 Å². The summed E-state index contributed by atoms with van der Waals surface area (Å²) in [7, 11) is 0. The van der Waals surface area contributed by atoms with Crippen LogP contribution in [0.5, 0.6) is 0 Å². The van der Waals surface area contributed by atoms with Gasteiger partial charge in [-0.3, -0.25) is 0 Å². The highest BCUT2D eigenvalue weighted by atomic mass is 14.7. The predicted molar refractivity (Wildman–Crippen MR) is 58.6 cm³/mol. The van der Waals surface area contributed by atoms with Gasteiger partial charge in [-0.25, -0.2) is 0 Å². The van der Waals surface area contributed by atoms with Gasteiger partial charge in [-0.2, -0.15) is 0 Å². The van der Waals surface area contributed by atoms with Crippen molar-refractivity contribution >= 4 is 0 Å². The second-order valence-electron chi connectivity index (χ2n) is 4.73. The van der Waals surface area contributed by atoms with Gasteiger partial charge in [0.25, 0.3) is 0 Å². The molecule has 0 aliphatic heterocycles. The lowest BCUT2D eigenvalue weighted by atomic mass is 9.82. The van der Waals surface area contributed by atoms with E-state index in [4.69, 9.17) is 5.73 Å². The summed E-state index contributed by atoms with van der Waals surface area (Å²) in [5.41, 5.74) is 7.01. The van der Waals surface area contributed by atoms with Crippen LogP contribution in [0.2, 0.25) is 0 Å². The zero-order valence-corrected chi connectivity index (χ0v) is 9.53. The summed E-state index contributed by atoms with van der Waals surface area (Å²) in [4.78, 5) is 0. The largest absolute Gasteiger partial charge is 0.330 e.